The highest BCUT2D eigenvalue weighted by molar-refractivity contribution is 7.22. The largest absolute Gasteiger partial charge is 0.493 e. The van der Waals surface area contributed by atoms with E-state index in [1.165, 1.54) is 22.2 Å². The summed E-state index contributed by atoms with van der Waals surface area (Å²) >= 11 is 7.40. The maximum absolute atomic E-state index is 13.3. The lowest BCUT2D eigenvalue weighted by molar-refractivity contribution is 0.273. The van der Waals surface area contributed by atoms with Gasteiger partial charge in [-0.3, -0.25) is 9.36 Å². The van der Waals surface area contributed by atoms with Gasteiger partial charge in [0.15, 0.2) is 11.5 Å². The lowest BCUT2D eigenvalue weighted by atomic mass is 10.2. The molecule has 0 radical (unpaired) electrons. The zero-order valence-electron chi connectivity index (χ0n) is 17.9. The maximum Gasteiger partial charge on any atom is 0.275 e. The molecule has 0 fully saturated rings. The number of methoxy groups -OCH3 is 1. The van der Waals surface area contributed by atoms with Crippen molar-refractivity contribution in [2.75, 3.05) is 7.11 Å². The van der Waals surface area contributed by atoms with Crippen LogP contribution in [0.5, 0.6) is 11.5 Å². The molecule has 7 nitrogen and oxygen atoms in total. The molecule has 3 heterocycles. The number of imidazole rings is 1. The van der Waals surface area contributed by atoms with Gasteiger partial charge in [-0.15, -0.1) is 11.3 Å². The minimum absolute atomic E-state index is 0.144. The molecule has 0 atom stereocenters. The summed E-state index contributed by atoms with van der Waals surface area (Å²) in [5.41, 5.74) is 2.14. The van der Waals surface area contributed by atoms with Crippen molar-refractivity contribution in [3.05, 3.63) is 88.5 Å². The van der Waals surface area contributed by atoms with Crippen LogP contribution in [0.1, 0.15) is 5.82 Å². The SMILES string of the molecule is COc1cc(-n2cnc3cc(-c4ccc(Cl)cc4)sc3c2=O)ccc1OCc1nccn1C. The average Bonchev–Trinajstić information content (AvgIpc) is 3.45. The monoisotopic (exact) mass is 478 g/mol. The molecule has 5 aromatic rings. The van der Waals surface area contributed by atoms with Crippen LogP contribution in [0, 0.1) is 0 Å². The molecule has 5 rings (SSSR count). The molecular weight excluding hydrogens is 460 g/mol. The van der Waals surface area contributed by atoms with Crippen LogP contribution in [0.4, 0.5) is 0 Å². The van der Waals surface area contributed by atoms with Gasteiger partial charge in [0.1, 0.15) is 23.5 Å². The first-order chi connectivity index (χ1) is 16.0. The van der Waals surface area contributed by atoms with E-state index in [1.54, 1.807) is 31.5 Å². The smallest absolute Gasteiger partial charge is 0.275 e. The highest BCUT2D eigenvalue weighted by Crippen LogP contribution is 2.33. The van der Waals surface area contributed by atoms with Crippen LogP contribution in [0.3, 0.4) is 0 Å². The fourth-order valence-corrected chi connectivity index (χ4v) is 4.63. The second-order valence-electron chi connectivity index (χ2n) is 7.33. The predicted molar refractivity (Wildman–Crippen MR) is 130 cm³/mol. The number of ether oxygens (including phenoxy) is 2. The van der Waals surface area contributed by atoms with Gasteiger partial charge in [0.05, 0.1) is 18.3 Å². The van der Waals surface area contributed by atoms with Crippen LogP contribution < -0.4 is 15.0 Å². The average molecular weight is 479 g/mol. The minimum Gasteiger partial charge on any atom is -0.493 e. The van der Waals surface area contributed by atoms with Gasteiger partial charge in [0.2, 0.25) is 0 Å². The Kier molecular flexibility index (Phi) is 5.62. The quantitative estimate of drug-likeness (QED) is 0.340. The number of halogens is 1. The Bertz CT molecular complexity index is 1500. The normalized spacial score (nSPS) is 11.1. The van der Waals surface area contributed by atoms with Gasteiger partial charge in [-0.2, -0.15) is 0 Å². The zero-order chi connectivity index (χ0) is 22.9. The number of nitrogens with zero attached hydrogens (tertiary/aromatic N) is 4. The summed E-state index contributed by atoms with van der Waals surface area (Å²) in [6, 6.07) is 14.8. The lowest BCUT2D eigenvalue weighted by Gasteiger charge is -2.13. The third-order valence-corrected chi connectivity index (χ3v) is 6.68. The predicted octanol–water partition coefficient (Wildman–Crippen LogP) is 5.09. The van der Waals surface area contributed by atoms with E-state index in [1.807, 2.05) is 48.1 Å². The molecule has 0 saturated heterocycles. The van der Waals surface area contributed by atoms with Gasteiger partial charge >= 0.3 is 0 Å². The highest BCUT2D eigenvalue weighted by Gasteiger charge is 2.14. The number of benzene rings is 2. The molecule has 0 unspecified atom stereocenters. The summed E-state index contributed by atoms with van der Waals surface area (Å²) in [5.74, 6) is 1.87. The second kappa shape index (κ2) is 8.73. The van der Waals surface area contributed by atoms with E-state index in [9.17, 15) is 4.79 Å². The molecule has 0 bridgehead atoms. The summed E-state index contributed by atoms with van der Waals surface area (Å²) in [5, 5.41) is 0.668. The van der Waals surface area contributed by atoms with Crippen molar-refractivity contribution in [3.8, 4) is 27.6 Å². The summed E-state index contributed by atoms with van der Waals surface area (Å²) in [6.07, 6.45) is 5.11. The van der Waals surface area contributed by atoms with Crippen molar-refractivity contribution in [1.82, 2.24) is 19.1 Å². The highest BCUT2D eigenvalue weighted by atomic mass is 35.5. The second-order valence-corrected chi connectivity index (χ2v) is 8.82. The standard InChI is InChI=1S/C24H19ClN4O3S/c1-28-10-9-26-22(28)13-32-19-8-7-17(11-20(19)31-2)29-14-27-18-12-21(33-23(18)24(29)30)15-3-5-16(25)6-4-15/h3-12,14H,13H2,1-2H3. The van der Waals surface area contributed by atoms with E-state index in [4.69, 9.17) is 21.1 Å². The van der Waals surface area contributed by atoms with E-state index in [-0.39, 0.29) is 5.56 Å². The Balaban J connectivity index is 1.48. The Morgan fingerprint density at radius 1 is 1.06 bits per heavy atom. The number of fused-ring (bicyclic) bond motifs is 1. The van der Waals surface area contributed by atoms with Crippen LogP contribution in [0.25, 0.3) is 26.3 Å². The van der Waals surface area contributed by atoms with Gasteiger partial charge in [0, 0.05) is 35.4 Å². The van der Waals surface area contributed by atoms with E-state index in [2.05, 4.69) is 9.97 Å². The topological polar surface area (TPSA) is 71.2 Å². The van der Waals surface area contributed by atoms with Gasteiger partial charge < -0.3 is 14.0 Å². The van der Waals surface area contributed by atoms with E-state index >= 15 is 0 Å². The van der Waals surface area contributed by atoms with Crippen LogP contribution >= 0.6 is 22.9 Å². The third-order valence-electron chi connectivity index (χ3n) is 5.27. The molecule has 0 aliphatic carbocycles. The number of thiophene rings is 1. The molecule has 0 aliphatic rings. The fourth-order valence-electron chi connectivity index (χ4n) is 3.46. The summed E-state index contributed by atoms with van der Waals surface area (Å²) < 4.78 is 15.4. The summed E-state index contributed by atoms with van der Waals surface area (Å²) in [7, 11) is 3.47. The Morgan fingerprint density at radius 2 is 1.88 bits per heavy atom. The molecule has 9 heteroatoms. The molecule has 0 amide bonds. The van der Waals surface area contributed by atoms with Crippen molar-refractivity contribution in [2.45, 2.75) is 6.61 Å². The Morgan fingerprint density at radius 3 is 2.61 bits per heavy atom. The van der Waals surface area contributed by atoms with E-state index in [0.29, 0.717) is 39.0 Å². The van der Waals surface area contributed by atoms with E-state index in [0.717, 1.165) is 16.3 Å². The summed E-state index contributed by atoms with van der Waals surface area (Å²) in [4.78, 5) is 23.0. The molecule has 166 valence electrons. The van der Waals surface area contributed by atoms with Crippen LogP contribution in [0.2, 0.25) is 5.02 Å². The first-order valence-electron chi connectivity index (χ1n) is 10.1. The first-order valence-corrected chi connectivity index (χ1v) is 11.3. The molecule has 0 aliphatic heterocycles. The lowest BCUT2D eigenvalue weighted by Crippen LogP contribution is -2.17. The van der Waals surface area contributed by atoms with Crippen molar-refractivity contribution in [1.29, 1.82) is 0 Å². The van der Waals surface area contributed by atoms with Crippen LogP contribution in [-0.2, 0) is 13.7 Å². The van der Waals surface area contributed by atoms with Crippen molar-refractivity contribution in [3.63, 3.8) is 0 Å². The molecule has 33 heavy (non-hydrogen) atoms. The number of rotatable bonds is 6. The van der Waals surface area contributed by atoms with Gasteiger partial charge in [-0.1, -0.05) is 23.7 Å². The Hall–Kier alpha value is -3.62. The van der Waals surface area contributed by atoms with Gasteiger partial charge in [-0.25, -0.2) is 9.97 Å². The van der Waals surface area contributed by atoms with Crippen LogP contribution in [0.15, 0.2) is 72.0 Å². The van der Waals surface area contributed by atoms with Gasteiger partial charge in [-0.05, 0) is 35.9 Å². The van der Waals surface area contributed by atoms with Crippen LogP contribution in [-0.4, -0.2) is 26.2 Å². The third kappa shape index (κ3) is 4.10. The minimum atomic E-state index is -0.144. The molecule has 0 spiro atoms. The number of aromatic nitrogens is 4. The number of aryl methyl sites for hydroxylation is 1. The molecule has 0 N–H and O–H groups in total. The fraction of sp³-hybridized carbons (Fsp3) is 0.125. The number of hydrogen-bond acceptors (Lipinski definition) is 6. The molecule has 3 aromatic heterocycles. The Labute approximate surface area is 198 Å². The zero-order valence-corrected chi connectivity index (χ0v) is 19.4. The van der Waals surface area contributed by atoms with E-state index < -0.39 is 0 Å². The van der Waals surface area contributed by atoms with Gasteiger partial charge in [0.25, 0.3) is 5.56 Å². The van der Waals surface area contributed by atoms with Crippen molar-refractivity contribution < 1.29 is 9.47 Å². The molecule has 0 saturated carbocycles. The number of hydrogen-bond donors (Lipinski definition) is 0. The maximum atomic E-state index is 13.3. The summed E-state index contributed by atoms with van der Waals surface area (Å²) in [6.45, 7) is 0.301. The first kappa shape index (κ1) is 21.2. The molecular formula is C24H19ClN4O3S. The van der Waals surface area contributed by atoms with Crippen molar-refractivity contribution in [2.24, 2.45) is 7.05 Å². The van der Waals surface area contributed by atoms with Crippen molar-refractivity contribution >= 4 is 33.2 Å². The molecule has 2 aromatic carbocycles.